The zero-order chi connectivity index (χ0) is 13.0. The van der Waals surface area contributed by atoms with E-state index < -0.39 is 0 Å². The van der Waals surface area contributed by atoms with Gasteiger partial charge in [-0.15, -0.1) is 0 Å². The lowest BCUT2D eigenvalue weighted by Gasteiger charge is -2.23. The topological polar surface area (TPSA) is 58.0 Å². The summed E-state index contributed by atoms with van der Waals surface area (Å²) in [5.74, 6) is 1.84. The highest BCUT2D eigenvalue weighted by atomic mass is 16.3. The molecule has 4 nitrogen and oxygen atoms in total. The van der Waals surface area contributed by atoms with Crippen LogP contribution in [0.15, 0.2) is 0 Å². The molecule has 1 aromatic heterocycles. The number of nitrogens with one attached hydrogen (secondary N) is 1. The van der Waals surface area contributed by atoms with Crippen molar-refractivity contribution >= 4 is 5.82 Å². The van der Waals surface area contributed by atoms with Gasteiger partial charge in [0, 0.05) is 23.9 Å². The SMILES string of the molecule is CCC(CCO)Nc1nc(C)nc2c1CCCC2. The summed E-state index contributed by atoms with van der Waals surface area (Å²) in [5, 5.41) is 12.6. The molecule has 4 heteroatoms. The largest absolute Gasteiger partial charge is 0.396 e. The van der Waals surface area contributed by atoms with Crippen molar-refractivity contribution in [3.05, 3.63) is 17.1 Å². The summed E-state index contributed by atoms with van der Waals surface area (Å²) in [5.41, 5.74) is 2.51. The fourth-order valence-electron chi connectivity index (χ4n) is 2.56. The number of nitrogens with zero attached hydrogens (tertiary/aromatic N) is 2. The molecule has 0 aromatic carbocycles. The summed E-state index contributed by atoms with van der Waals surface area (Å²) >= 11 is 0. The molecule has 0 fully saturated rings. The fraction of sp³-hybridized carbons (Fsp3) is 0.714. The lowest BCUT2D eigenvalue weighted by atomic mass is 9.96. The summed E-state index contributed by atoms with van der Waals surface area (Å²) in [6.45, 7) is 4.30. The Morgan fingerprint density at radius 2 is 2.06 bits per heavy atom. The second-order valence-corrected chi connectivity index (χ2v) is 5.01. The average molecular weight is 249 g/mol. The molecule has 0 spiro atoms. The molecule has 1 heterocycles. The molecule has 1 aliphatic carbocycles. The first-order chi connectivity index (χ1) is 8.74. The smallest absolute Gasteiger partial charge is 0.133 e. The minimum Gasteiger partial charge on any atom is -0.396 e. The average Bonchev–Trinajstić information content (AvgIpc) is 2.38. The zero-order valence-corrected chi connectivity index (χ0v) is 11.4. The number of aromatic nitrogens is 2. The number of hydrogen-bond donors (Lipinski definition) is 2. The normalized spacial score (nSPS) is 16.2. The molecule has 0 amide bonds. The molecule has 1 unspecified atom stereocenters. The Kier molecular flexibility index (Phi) is 4.53. The highest BCUT2D eigenvalue weighted by Crippen LogP contribution is 2.26. The van der Waals surface area contributed by atoms with Gasteiger partial charge in [0.15, 0.2) is 0 Å². The predicted molar refractivity (Wildman–Crippen MR) is 72.8 cm³/mol. The number of hydrogen-bond acceptors (Lipinski definition) is 4. The first-order valence-electron chi connectivity index (χ1n) is 6.98. The van der Waals surface area contributed by atoms with Crippen LogP contribution < -0.4 is 5.32 Å². The van der Waals surface area contributed by atoms with Gasteiger partial charge in [-0.3, -0.25) is 0 Å². The fourth-order valence-corrected chi connectivity index (χ4v) is 2.56. The Labute approximate surface area is 109 Å². The summed E-state index contributed by atoms with van der Waals surface area (Å²) < 4.78 is 0. The van der Waals surface area contributed by atoms with Crippen molar-refractivity contribution in [2.24, 2.45) is 0 Å². The molecule has 100 valence electrons. The van der Waals surface area contributed by atoms with Crippen LogP contribution in [0.1, 0.15) is 49.7 Å². The number of aliphatic hydroxyl groups is 1. The van der Waals surface area contributed by atoms with Gasteiger partial charge < -0.3 is 10.4 Å². The maximum Gasteiger partial charge on any atom is 0.133 e. The van der Waals surface area contributed by atoms with E-state index in [0.29, 0.717) is 6.04 Å². The van der Waals surface area contributed by atoms with E-state index in [4.69, 9.17) is 5.11 Å². The summed E-state index contributed by atoms with van der Waals surface area (Å²) in [7, 11) is 0. The molecular weight excluding hydrogens is 226 g/mol. The summed E-state index contributed by atoms with van der Waals surface area (Å²) in [6.07, 6.45) is 6.38. The Morgan fingerprint density at radius 1 is 1.28 bits per heavy atom. The lowest BCUT2D eigenvalue weighted by molar-refractivity contribution is 0.278. The van der Waals surface area contributed by atoms with Crippen molar-refractivity contribution in [2.75, 3.05) is 11.9 Å². The highest BCUT2D eigenvalue weighted by molar-refractivity contribution is 5.48. The van der Waals surface area contributed by atoms with E-state index >= 15 is 0 Å². The molecule has 18 heavy (non-hydrogen) atoms. The van der Waals surface area contributed by atoms with Crippen LogP contribution in [-0.2, 0) is 12.8 Å². The van der Waals surface area contributed by atoms with E-state index in [1.54, 1.807) is 0 Å². The van der Waals surface area contributed by atoms with Crippen LogP contribution >= 0.6 is 0 Å². The highest BCUT2D eigenvalue weighted by Gasteiger charge is 2.18. The van der Waals surface area contributed by atoms with Crippen LogP contribution in [0.3, 0.4) is 0 Å². The van der Waals surface area contributed by atoms with Gasteiger partial charge >= 0.3 is 0 Å². The Morgan fingerprint density at radius 3 is 2.78 bits per heavy atom. The Hall–Kier alpha value is -1.16. The molecule has 0 saturated heterocycles. The maximum absolute atomic E-state index is 9.07. The predicted octanol–water partition coefficient (Wildman–Crippen LogP) is 2.24. The summed E-state index contributed by atoms with van der Waals surface area (Å²) in [4.78, 5) is 9.11. The molecule has 0 bridgehead atoms. The second-order valence-electron chi connectivity index (χ2n) is 5.01. The number of aryl methyl sites for hydroxylation is 2. The zero-order valence-electron chi connectivity index (χ0n) is 11.4. The third-order valence-corrected chi connectivity index (χ3v) is 3.61. The van der Waals surface area contributed by atoms with Crippen LogP contribution in [0.25, 0.3) is 0 Å². The van der Waals surface area contributed by atoms with Crippen molar-refractivity contribution < 1.29 is 5.11 Å². The molecule has 0 aliphatic heterocycles. The molecule has 1 aliphatic rings. The Balaban J connectivity index is 2.23. The van der Waals surface area contributed by atoms with Crippen LogP contribution in [-0.4, -0.2) is 27.7 Å². The molecule has 1 atom stereocenters. The van der Waals surface area contributed by atoms with Crippen molar-refractivity contribution in [3.8, 4) is 0 Å². The van der Waals surface area contributed by atoms with Gasteiger partial charge in [0.1, 0.15) is 11.6 Å². The monoisotopic (exact) mass is 249 g/mol. The standard InChI is InChI=1S/C14H23N3O/c1-3-11(8-9-18)17-14-12-6-4-5-7-13(12)15-10(2)16-14/h11,18H,3-9H2,1-2H3,(H,15,16,17). The van der Waals surface area contributed by atoms with Gasteiger partial charge in [-0.1, -0.05) is 6.92 Å². The van der Waals surface area contributed by atoms with Crippen LogP contribution in [0.5, 0.6) is 0 Å². The third kappa shape index (κ3) is 2.99. The van der Waals surface area contributed by atoms with Crippen molar-refractivity contribution in [2.45, 2.75) is 58.4 Å². The van der Waals surface area contributed by atoms with Crippen LogP contribution in [0, 0.1) is 6.92 Å². The molecule has 0 radical (unpaired) electrons. The number of rotatable bonds is 5. The number of fused-ring (bicyclic) bond motifs is 1. The lowest BCUT2D eigenvalue weighted by Crippen LogP contribution is -2.23. The minimum atomic E-state index is 0.220. The van der Waals surface area contributed by atoms with Gasteiger partial charge in [0.2, 0.25) is 0 Å². The quantitative estimate of drug-likeness (QED) is 0.840. The van der Waals surface area contributed by atoms with Crippen molar-refractivity contribution in [1.29, 1.82) is 0 Å². The first-order valence-corrected chi connectivity index (χ1v) is 6.98. The summed E-state index contributed by atoms with van der Waals surface area (Å²) in [6, 6.07) is 0.301. The molecule has 2 N–H and O–H groups in total. The number of anilines is 1. The van der Waals surface area contributed by atoms with Crippen LogP contribution in [0.4, 0.5) is 5.82 Å². The molecule has 2 rings (SSSR count). The second kappa shape index (κ2) is 6.14. The van der Waals surface area contributed by atoms with Gasteiger partial charge in [-0.05, 0) is 45.4 Å². The van der Waals surface area contributed by atoms with E-state index in [0.717, 1.165) is 37.3 Å². The molecular formula is C14H23N3O. The van der Waals surface area contributed by atoms with E-state index in [9.17, 15) is 0 Å². The van der Waals surface area contributed by atoms with Crippen molar-refractivity contribution in [1.82, 2.24) is 9.97 Å². The van der Waals surface area contributed by atoms with Crippen LogP contribution in [0.2, 0.25) is 0 Å². The minimum absolute atomic E-state index is 0.220. The van der Waals surface area contributed by atoms with E-state index in [2.05, 4.69) is 22.2 Å². The van der Waals surface area contributed by atoms with E-state index in [1.807, 2.05) is 6.92 Å². The van der Waals surface area contributed by atoms with E-state index in [1.165, 1.54) is 24.1 Å². The Bertz CT molecular complexity index is 406. The van der Waals surface area contributed by atoms with Gasteiger partial charge in [-0.25, -0.2) is 9.97 Å². The van der Waals surface area contributed by atoms with Gasteiger partial charge in [-0.2, -0.15) is 0 Å². The third-order valence-electron chi connectivity index (χ3n) is 3.61. The maximum atomic E-state index is 9.07. The number of aliphatic hydroxyl groups excluding tert-OH is 1. The molecule has 0 saturated carbocycles. The van der Waals surface area contributed by atoms with Gasteiger partial charge in [0.25, 0.3) is 0 Å². The molecule has 1 aromatic rings. The van der Waals surface area contributed by atoms with E-state index in [-0.39, 0.29) is 6.61 Å². The first kappa shape index (κ1) is 13.3. The van der Waals surface area contributed by atoms with Crippen molar-refractivity contribution in [3.63, 3.8) is 0 Å². The van der Waals surface area contributed by atoms with Gasteiger partial charge in [0.05, 0.1) is 0 Å².